The van der Waals surface area contributed by atoms with Crippen LogP contribution in [0.25, 0.3) is 0 Å². The van der Waals surface area contributed by atoms with Gasteiger partial charge in [-0.2, -0.15) is 0 Å². The molecule has 0 bridgehead atoms. The smallest absolute Gasteiger partial charge is 0.328 e. The Morgan fingerprint density at radius 2 is 1.23 bits per heavy atom. The van der Waals surface area contributed by atoms with Crippen molar-refractivity contribution in [2.24, 2.45) is 0 Å². The van der Waals surface area contributed by atoms with Crippen LogP contribution in [0.3, 0.4) is 0 Å². The highest BCUT2D eigenvalue weighted by Crippen LogP contribution is 2.38. The molecule has 4 rings (SSSR count). The number of carboxylic acid groups (broad SMARTS) is 2. The first-order chi connectivity index (χ1) is 22.6. The predicted octanol–water partition coefficient (Wildman–Crippen LogP) is 7.36. The summed E-state index contributed by atoms with van der Waals surface area (Å²) in [4.78, 5) is 42.5. The number of halogens is 3. The van der Waals surface area contributed by atoms with Crippen molar-refractivity contribution in [3.8, 4) is 5.75 Å². The third-order valence-corrected chi connectivity index (χ3v) is 9.53. The second kappa shape index (κ2) is 21.5. The number of benzene rings is 2. The first kappa shape index (κ1) is 39.0. The molecule has 2 aromatic carbocycles. The summed E-state index contributed by atoms with van der Waals surface area (Å²) in [5.41, 5.74) is 0.868. The van der Waals surface area contributed by atoms with Crippen molar-refractivity contribution in [2.45, 2.75) is 44.9 Å². The van der Waals surface area contributed by atoms with E-state index in [1.54, 1.807) is 0 Å². The van der Waals surface area contributed by atoms with Gasteiger partial charge < -0.3 is 29.6 Å². The summed E-state index contributed by atoms with van der Waals surface area (Å²) in [6.45, 7) is 9.55. The van der Waals surface area contributed by atoms with Gasteiger partial charge in [0.15, 0.2) is 0 Å². The van der Waals surface area contributed by atoms with Crippen molar-refractivity contribution in [3.63, 3.8) is 0 Å². The number of carbonyl (C=O) groups excluding carboxylic acids is 1. The zero-order chi connectivity index (χ0) is 34.0. The molecule has 0 radical (unpaired) electrons. The Kier molecular flexibility index (Phi) is 17.8. The number of aliphatic carboxylic acids is 2. The van der Waals surface area contributed by atoms with E-state index in [2.05, 4.69) is 62.5 Å². The monoisotopic (exact) mass is 842 g/mol. The number of rotatable bonds is 16. The molecule has 2 N–H and O–H groups in total. The van der Waals surface area contributed by atoms with Gasteiger partial charge >= 0.3 is 18.0 Å². The molecular formula is C34H45Br3N4O6. The average molecular weight is 845 g/mol. The van der Waals surface area contributed by atoms with Gasteiger partial charge in [-0.3, -0.25) is 4.90 Å². The van der Waals surface area contributed by atoms with E-state index in [0.29, 0.717) is 25.3 Å². The summed E-state index contributed by atoms with van der Waals surface area (Å²) < 4.78 is 8.69. The number of hydrogen-bond acceptors (Lipinski definition) is 6. The minimum atomic E-state index is -1.26. The highest BCUT2D eigenvalue weighted by atomic mass is 79.9. The lowest BCUT2D eigenvalue weighted by Crippen LogP contribution is -2.46. The zero-order valence-electron chi connectivity index (χ0n) is 26.7. The van der Waals surface area contributed by atoms with Crippen molar-refractivity contribution in [3.05, 3.63) is 68.0 Å². The number of nitrogens with zero attached hydrogens (tertiary/aromatic N) is 4. The number of anilines is 1. The van der Waals surface area contributed by atoms with Crippen molar-refractivity contribution in [1.29, 1.82) is 0 Å². The van der Waals surface area contributed by atoms with Crippen LogP contribution in [-0.2, 0) is 9.59 Å². The van der Waals surface area contributed by atoms with Gasteiger partial charge in [0.05, 0.1) is 12.3 Å². The fraction of sp³-hybridized carbons (Fsp3) is 0.500. The van der Waals surface area contributed by atoms with Crippen molar-refractivity contribution >= 4 is 71.4 Å². The lowest BCUT2D eigenvalue weighted by Gasteiger charge is -2.33. The van der Waals surface area contributed by atoms with Gasteiger partial charge in [-0.05, 0) is 140 Å². The standard InChI is InChI=1S/C30H41Br3N4O2.C4H4O4/c31-25-23-27(32)29(28(33)24-25)37(21-10-22-39-26-11-2-1-3-12-26)30(38)36(19-8-17-34-13-4-5-14-34)20-9-18-35-15-6-7-16-35;5-3(6)1-2-4(7)8/h1-3,11-12,23-24H,4-10,13-22H2;1-2H,(H,5,6)(H,7,8). The molecule has 0 atom stereocenters. The number of amides is 2. The maximum absolute atomic E-state index is 14.3. The normalized spacial score (nSPS) is 15.0. The Balaban J connectivity index is 0.000000665. The zero-order valence-corrected chi connectivity index (χ0v) is 31.4. The van der Waals surface area contributed by atoms with E-state index in [-0.39, 0.29) is 6.03 Å². The fourth-order valence-electron chi connectivity index (χ4n) is 5.62. The molecule has 2 aliphatic heterocycles. The van der Waals surface area contributed by atoms with Gasteiger partial charge in [0.2, 0.25) is 0 Å². The lowest BCUT2D eigenvalue weighted by molar-refractivity contribution is -0.134. The largest absolute Gasteiger partial charge is 0.494 e. The second-order valence-electron chi connectivity index (χ2n) is 11.5. The molecule has 2 fully saturated rings. The molecule has 2 saturated heterocycles. The van der Waals surface area contributed by atoms with Crippen LogP contribution in [-0.4, -0.2) is 108 Å². The quantitative estimate of drug-likeness (QED) is 0.133. The summed E-state index contributed by atoms with van der Waals surface area (Å²) in [6.07, 6.45) is 9.03. The van der Waals surface area contributed by atoms with Gasteiger partial charge in [0.25, 0.3) is 0 Å². The molecule has 47 heavy (non-hydrogen) atoms. The minimum Gasteiger partial charge on any atom is -0.494 e. The topological polar surface area (TPSA) is 114 Å². The molecule has 2 aliphatic rings. The summed E-state index contributed by atoms with van der Waals surface area (Å²) >= 11 is 11.1. The molecule has 0 aromatic heterocycles. The number of para-hydroxylation sites is 1. The average Bonchev–Trinajstić information content (AvgIpc) is 3.75. The SMILES string of the molecule is O=C(N(CCCN1CCCC1)CCCN1CCCC1)N(CCCOc1ccccc1)c1c(Br)cc(Br)cc1Br.O=C(O)C=CC(=O)O. The summed E-state index contributed by atoms with van der Waals surface area (Å²) in [7, 11) is 0. The molecule has 2 amide bonds. The Morgan fingerprint density at radius 1 is 0.745 bits per heavy atom. The number of carboxylic acids is 2. The molecule has 2 heterocycles. The Hall–Kier alpha value is -2.45. The van der Waals surface area contributed by atoms with E-state index in [1.807, 2.05) is 47.4 Å². The Bertz CT molecular complexity index is 1240. The number of ether oxygens (including phenoxy) is 1. The van der Waals surface area contributed by atoms with Crippen LogP contribution in [0.5, 0.6) is 5.75 Å². The van der Waals surface area contributed by atoms with Gasteiger partial charge in [-0.1, -0.05) is 34.1 Å². The van der Waals surface area contributed by atoms with Gasteiger partial charge in [0.1, 0.15) is 5.75 Å². The molecule has 2 aromatic rings. The highest BCUT2D eigenvalue weighted by Gasteiger charge is 2.26. The molecule has 0 spiro atoms. The molecule has 0 saturated carbocycles. The molecule has 13 heteroatoms. The third-order valence-electron chi connectivity index (χ3n) is 7.86. The lowest BCUT2D eigenvalue weighted by atomic mass is 10.2. The van der Waals surface area contributed by atoms with Gasteiger partial charge in [0, 0.05) is 45.2 Å². The highest BCUT2D eigenvalue weighted by molar-refractivity contribution is 9.11. The maximum Gasteiger partial charge on any atom is 0.328 e. The maximum atomic E-state index is 14.3. The number of likely N-dealkylation sites (tertiary alicyclic amines) is 2. The van der Waals surface area contributed by atoms with E-state index < -0.39 is 11.9 Å². The van der Waals surface area contributed by atoms with Crippen molar-refractivity contribution in [1.82, 2.24) is 14.7 Å². The van der Waals surface area contributed by atoms with E-state index in [9.17, 15) is 14.4 Å². The van der Waals surface area contributed by atoms with E-state index in [0.717, 1.165) is 70.3 Å². The van der Waals surface area contributed by atoms with E-state index in [4.69, 9.17) is 14.9 Å². The third kappa shape index (κ3) is 14.7. The van der Waals surface area contributed by atoms with Crippen LogP contribution < -0.4 is 9.64 Å². The first-order valence-electron chi connectivity index (χ1n) is 16.1. The molecule has 258 valence electrons. The number of carbonyl (C=O) groups is 3. The number of hydrogen-bond donors (Lipinski definition) is 2. The summed E-state index contributed by atoms with van der Waals surface area (Å²) in [5, 5.41) is 15.6. The summed E-state index contributed by atoms with van der Waals surface area (Å²) in [5.74, 6) is -1.66. The van der Waals surface area contributed by atoms with Gasteiger partial charge in [-0.15, -0.1) is 0 Å². The van der Waals surface area contributed by atoms with Crippen LogP contribution in [0.2, 0.25) is 0 Å². The number of urea groups is 1. The van der Waals surface area contributed by atoms with Crippen LogP contribution >= 0.6 is 47.8 Å². The molecule has 10 nitrogen and oxygen atoms in total. The second-order valence-corrected chi connectivity index (χ2v) is 14.1. The van der Waals surface area contributed by atoms with Crippen LogP contribution in [0.4, 0.5) is 10.5 Å². The Labute approximate surface area is 303 Å². The van der Waals surface area contributed by atoms with Crippen LogP contribution in [0.15, 0.2) is 68.0 Å². The minimum absolute atomic E-state index is 0.0706. The fourth-order valence-corrected chi connectivity index (χ4v) is 8.31. The molecule has 0 unspecified atom stereocenters. The predicted molar refractivity (Wildman–Crippen MR) is 195 cm³/mol. The van der Waals surface area contributed by atoms with Crippen LogP contribution in [0.1, 0.15) is 44.9 Å². The van der Waals surface area contributed by atoms with E-state index in [1.165, 1.54) is 51.9 Å². The molecule has 0 aliphatic carbocycles. The van der Waals surface area contributed by atoms with Crippen LogP contribution in [0, 0.1) is 0 Å². The Morgan fingerprint density at radius 3 is 1.70 bits per heavy atom. The van der Waals surface area contributed by atoms with Gasteiger partial charge in [-0.25, -0.2) is 14.4 Å². The first-order valence-corrected chi connectivity index (χ1v) is 18.5. The summed E-state index contributed by atoms with van der Waals surface area (Å²) in [6, 6.07) is 13.9. The molecular weight excluding hydrogens is 800 g/mol. The van der Waals surface area contributed by atoms with Crippen molar-refractivity contribution < 1.29 is 29.3 Å². The van der Waals surface area contributed by atoms with Crippen molar-refractivity contribution in [2.75, 3.05) is 70.4 Å². The van der Waals surface area contributed by atoms with E-state index >= 15 is 0 Å².